The van der Waals surface area contributed by atoms with Crippen LogP contribution in [0, 0.1) is 10.1 Å². The number of nitro groups is 1. The number of thiazole rings is 1. The van der Waals surface area contributed by atoms with Crippen molar-refractivity contribution in [3.05, 3.63) is 57.6 Å². The molecule has 1 saturated heterocycles. The van der Waals surface area contributed by atoms with Gasteiger partial charge in [-0.05, 0) is 37.1 Å². The molecule has 0 radical (unpaired) electrons. The van der Waals surface area contributed by atoms with E-state index in [4.69, 9.17) is 10.1 Å². The number of anilines is 1. The van der Waals surface area contributed by atoms with Crippen LogP contribution in [0.3, 0.4) is 0 Å². The Morgan fingerprint density at radius 3 is 2.74 bits per heavy atom. The van der Waals surface area contributed by atoms with E-state index >= 15 is 0 Å². The summed E-state index contributed by atoms with van der Waals surface area (Å²) in [4.78, 5) is 17.4. The van der Waals surface area contributed by atoms with E-state index in [-0.39, 0.29) is 16.6 Å². The Kier molecular flexibility index (Phi) is 4.33. The van der Waals surface area contributed by atoms with E-state index in [0.29, 0.717) is 12.2 Å². The zero-order valence-electron chi connectivity index (χ0n) is 14.1. The van der Waals surface area contributed by atoms with Gasteiger partial charge in [0.2, 0.25) is 10.0 Å². The van der Waals surface area contributed by atoms with Gasteiger partial charge in [0.05, 0.1) is 26.1 Å². The highest BCUT2D eigenvalue weighted by Crippen LogP contribution is 2.42. The van der Waals surface area contributed by atoms with Gasteiger partial charge in [-0.15, -0.1) is 11.3 Å². The molecule has 0 bridgehead atoms. The van der Waals surface area contributed by atoms with Gasteiger partial charge in [-0.1, -0.05) is 12.1 Å². The van der Waals surface area contributed by atoms with Gasteiger partial charge in [-0.3, -0.25) is 10.1 Å². The highest BCUT2D eigenvalue weighted by atomic mass is 32.2. The van der Waals surface area contributed by atoms with Crippen LogP contribution < -0.4 is 10.0 Å². The van der Waals surface area contributed by atoms with Crippen molar-refractivity contribution in [1.82, 2.24) is 4.98 Å². The van der Waals surface area contributed by atoms with Gasteiger partial charge in [-0.25, -0.2) is 18.5 Å². The Bertz CT molecular complexity index is 1110. The number of fused-ring (bicyclic) bond motifs is 1. The van der Waals surface area contributed by atoms with Crippen LogP contribution in [0.5, 0.6) is 0 Å². The summed E-state index contributed by atoms with van der Waals surface area (Å²) >= 11 is 1.58. The van der Waals surface area contributed by atoms with Crippen LogP contribution in [0.25, 0.3) is 10.2 Å². The molecule has 2 aromatic carbocycles. The van der Waals surface area contributed by atoms with E-state index in [1.165, 1.54) is 12.1 Å². The number of hydrogen-bond acceptors (Lipinski definition) is 7. The summed E-state index contributed by atoms with van der Waals surface area (Å²) in [6.45, 7) is 0.635. The lowest BCUT2D eigenvalue weighted by atomic mass is 10.2. The molecule has 0 aliphatic carbocycles. The fourth-order valence-corrected chi connectivity index (χ4v) is 5.06. The minimum absolute atomic E-state index is 0.0820. The molecule has 0 unspecified atom stereocenters. The number of primary sulfonamides is 1. The molecule has 1 aromatic heterocycles. The number of nitrogens with two attached hydrogens (primary N) is 1. The molecule has 1 aliphatic heterocycles. The van der Waals surface area contributed by atoms with Crippen molar-refractivity contribution in [2.75, 3.05) is 11.4 Å². The summed E-state index contributed by atoms with van der Waals surface area (Å²) in [6.07, 6.45) is 1.70. The standard InChI is InChI=1S/C17H16N4O4S2/c18-27(24,25)11-7-8-13(15(10-11)21(22)23)20-9-3-5-14(20)17-19-12-4-1-2-6-16(12)26-17/h1-2,4,6-8,10,14H,3,5,9H2,(H2,18,24,25)/t14-/m1/s1. The lowest BCUT2D eigenvalue weighted by Gasteiger charge is -2.25. The molecule has 27 heavy (non-hydrogen) atoms. The molecular weight excluding hydrogens is 388 g/mol. The minimum Gasteiger partial charge on any atom is -0.357 e. The van der Waals surface area contributed by atoms with E-state index in [1.54, 1.807) is 11.3 Å². The second-order valence-corrected chi connectivity index (χ2v) is 8.95. The first kappa shape index (κ1) is 17.8. The maximum absolute atomic E-state index is 11.6. The molecule has 3 aromatic rings. The SMILES string of the molecule is NS(=O)(=O)c1ccc(N2CCC[C@@H]2c2nc3ccccc3s2)c([N+](=O)[O-])c1. The van der Waals surface area contributed by atoms with Crippen LogP contribution in [0.4, 0.5) is 11.4 Å². The van der Waals surface area contributed by atoms with Crippen LogP contribution >= 0.6 is 11.3 Å². The third-order valence-electron chi connectivity index (χ3n) is 4.63. The van der Waals surface area contributed by atoms with Gasteiger partial charge in [0.25, 0.3) is 5.69 Å². The molecule has 10 heteroatoms. The highest BCUT2D eigenvalue weighted by molar-refractivity contribution is 7.89. The van der Waals surface area contributed by atoms with Gasteiger partial charge in [0, 0.05) is 12.6 Å². The first-order chi connectivity index (χ1) is 12.8. The molecule has 1 atom stereocenters. The lowest BCUT2D eigenvalue weighted by molar-refractivity contribution is -0.384. The number of rotatable bonds is 4. The average Bonchev–Trinajstić information content (AvgIpc) is 3.26. The van der Waals surface area contributed by atoms with E-state index in [2.05, 4.69) is 0 Å². The first-order valence-corrected chi connectivity index (χ1v) is 10.6. The second-order valence-electron chi connectivity index (χ2n) is 6.32. The minimum atomic E-state index is -4.02. The molecule has 2 heterocycles. The van der Waals surface area contributed by atoms with Gasteiger partial charge in [0.1, 0.15) is 10.7 Å². The van der Waals surface area contributed by atoms with E-state index in [1.807, 2.05) is 29.2 Å². The van der Waals surface area contributed by atoms with E-state index < -0.39 is 14.9 Å². The van der Waals surface area contributed by atoms with Crippen molar-refractivity contribution >= 4 is 43.0 Å². The normalized spacial score (nSPS) is 17.5. The summed E-state index contributed by atoms with van der Waals surface area (Å²) in [6, 6.07) is 11.5. The monoisotopic (exact) mass is 404 g/mol. The van der Waals surface area contributed by atoms with Crippen LogP contribution in [0.15, 0.2) is 47.4 Å². The lowest BCUT2D eigenvalue weighted by Crippen LogP contribution is -2.23. The Morgan fingerprint density at radius 2 is 2.04 bits per heavy atom. The second kappa shape index (κ2) is 6.55. The van der Waals surface area contributed by atoms with Crippen LogP contribution in [-0.2, 0) is 10.0 Å². The predicted molar refractivity (Wildman–Crippen MR) is 103 cm³/mol. The number of nitrogens with zero attached hydrogens (tertiary/aromatic N) is 3. The number of benzene rings is 2. The molecule has 4 rings (SSSR count). The van der Waals surface area contributed by atoms with Crippen molar-refractivity contribution in [2.24, 2.45) is 5.14 Å². The molecule has 0 saturated carbocycles. The van der Waals surface area contributed by atoms with Gasteiger partial charge < -0.3 is 4.90 Å². The molecule has 1 fully saturated rings. The highest BCUT2D eigenvalue weighted by Gasteiger charge is 2.33. The van der Waals surface area contributed by atoms with E-state index in [9.17, 15) is 18.5 Å². The first-order valence-electron chi connectivity index (χ1n) is 8.28. The summed E-state index contributed by atoms with van der Waals surface area (Å²) in [5, 5.41) is 17.6. The maximum atomic E-state index is 11.6. The molecule has 1 aliphatic rings. The van der Waals surface area contributed by atoms with Crippen molar-refractivity contribution in [2.45, 2.75) is 23.8 Å². The molecule has 0 spiro atoms. The number of sulfonamides is 1. The number of hydrogen-bond donors (Lipinski definition) is 1. The maximum Gasteiger partial charge on any atom is 0.293 e. The summed E-state index contributed by atoms with van der Waals surface area (Å²) in [5.41, 5.74) is 1.02. The topological polar surface area (TPSA) is 119 Å². The smallest absolute Gasteiger partial charge is 0.293 e. The average molecular weight is 404 g/mol. The Morgan fingerprint density at radius 1 is 1.26 bits per heavy atom. The van der Waals surface area contributed by atoms with E-state index in [0.717, 1.165) is 34.1 Å². The zero-order valence-corrected chi connectivity index (χ0v) is 15.7. The zero-order chi connectivity index (χ0) is 19.2. The van der Waals surface area contributed by atoms with Gasteiger partial charge in [-0.2, -0.15) is 0 Å². The quantitative estimate of drug-likeness (QED) is 0.527. The number of nitro benzene ring substituents is 1. The number of para-hydroxylation sites is 1. The van der Waals surface area contributed by atoms with Gasteiger partial charge >= 0.3 is 0 Å². The molecular formula is C17H16N4O4S2. The molecule has 140 valence electrons. The Labute approximate surface area is 159 Å². The van der Waals surface area contributed by atoms with Crippen molar-refractivity contribution in [3.8, 4) is 0 Å². The molecule has 0 amide bonds. The fraction of sp³-hybridized carbons (Fsp3) is 0.235. The molecule has 2 N–H and O–H groups in total. The van der Waals surface area contributed by atoms with Crippen molar-refractivity contribution in [3.63, 3.8) is 0 Å². The van der Waals surface area contributed by atoms with Gasteiger partial charge in [0.15, 0.2) is 0 Å². The fourth-order valence-electron chi connectivity index (χ4n) is 3.41. The predicted octanol–water partition coefficient (Wildman–Crippen LogP) is 3.19. The summed E-state index contributed by atoms with van der Waals surface area (Å²) in [5.74, 6) is 0. The third-order valence-corrected chi connectivity index (χ3v) is 6.68. The Hall–Kier alpha value is -2.56. The summed E-state index contributed by atoms with van der Waals surface area (Å²) in [7, 11) is -4.02. The molecule has 8 nitrogen and oxygen atoms in total. The van der Waals surface area contributed by atoms with Crippen molar-refractivity contribution < 1.29 is 13.3 Å². The largest absolute Gasteiger partial charge is 0.357 e. The summed E-state index contributed by atoms with van der Waals surface area (Å²) < 4.78 is 24.2. The third kappa shape index (κ3) is 3.27. The van der Waals surface area contributed by atoms with Crippen molar-refractivity contribution in [1.29, 1.82) is 0 Å². The van der Waals surface area contributed by atoms with Crippen LogP contribution in [-0.4, -0.2) is 24.9 Å². The van der Waals surface area contributed by atoms with Crippen LogP contribution in [0.1, 0.15) is 23.9 Å². The van der Waals surface area contributed by atoms with Crippen LogP contribution in [0.2, 0.25) is 0 Å². The number of aromatic nitrogens is 1. The Balaban J connectivity index is 1.78.